The van der Waals surface area contributed by atoms with Crippen molar-refractivity contribution in [3.05, 3.63) is 17.1 Å². The van der Waals surface area contributed by atoms with Crippen LogP contribution in [0.15, 0.2) is 11.4 Å². The summed E-state index contributed by atoms with van der Waals surface area (Å²) in [6, 6.07) is 2.59. The Morgan fingerprint density at radius 1 is 1.33 bits per heavy atom. The molecule has 2 N–H and O–H groups in total. The van der Waals surface area contributed by atoms with Crippen LogP contribution in [-0.4, -0.2) is 10.4 Å². The second-order valence-electron chi connectivity index (χ2n) is 3.54. The van der Waals surface area contributed by atoms with Crippen LogP contribution in [0.2, 0.25) is 0 Å². The van der Waals surface area contributed by atoms with Gasteiger partial charge in [0.25, 0.3) is 0 Å². The molecule has 1 aromatic rings. The summed E-state index contributed by atoms with van der Waals surface area (Å²) in [7, 11) is 0. The summed E-state index contributed by atoms with van der Waals surface area (Å²) < 4.78 is 4.37. The number of hydrogen-bond donors (Lipinski definition) is 1. The van der Waals surface area contributed by atoms with Crippen LogP contribution in [0.1, 0.15) is 37.3 Å². The third kappa shape index (κ3) is 1.67. The highest BCUT2D eigenvalue weighted by molar-refractivity contribution is 7.03. The zero-order valence-electron chi connectivity index (χ0n) is 7.07. The van der Waals surface area contributed by atoms with E-state index in [0.29, 0.717) is 12.0 Å². The molecular weight excluding hydrogens is 168 g/mol. The lowest BCUT2D eigenvalue weighted by molar-refractivity contribution is 0.392. The summed E-state index contributed by atoms with van der Waals surface area (Å²) >= 11 is 1.55. The van der Waals surface area contributed by atoms with Gasteiger partial charge in [-0.1, -0.05) is 0 Å². The Bertz CT molecular complexity index is 225. The molecule has 0 amide bonds. The average molecular weight is 182 g/mol. The van der Waals surface area contributed by atoms with Gasteiger partial charge in [0, 0.05) is 17.3 Å². The maximum absolute atomic E-state index is 5.83. The van der Waals surface area contributed by atoms with E-state index >= 15 is 0 Å². The summed E-state index contributed by atoms with van der Waals surface area (Å²) in [5.74, 6) is 0.691. The summed E-state index contributed by atoms with van der Waals surface area (Å²) in [5, 5.41) is 2.06. The Balaban J connectivity index is 1.99. The monoisotopic (exact) mass is 182 g/mol. The van der Waals surface area contributed by atoms with E-state index < -0.39 is 0 Å². The average Bonchev–Trinajstić information content (AvgIpc) is 2.58. The third-order valence-electron chi connectivity index (χ3n) is 2.65. The molecule has 0 aromatic carbocycles. The van der Waals surface area contributed by atoms with Gasteiger partial charge in [0.15, 0.2) is 0 Å². The third-order valence-corrected chi connectivity index (χ3v) is 3.22. The quantitative estimate of drug-likeness (QED) is 0.722. The molecule has 1 aliphatic rings. The van der Waals surface area contributed by atoms with Gasteiger partial charge in [-0.15, -0.1) is 0 Å². The first-order chi connectivity index (χ1) is 5.86. The molecule has 0 spiro atoms. The molecule has 1 fully saturated rings. The molecule has 0 bridgehead atoms. The van der Waals surface area contributed by atoms with Crippen molar-refractivity contribution in [1.82, 2.24) is 4.37 Å². The molecule has 2 nitrogen and oxygen atoms in total. The maximum atomic E-state index is 5.83. The van der Waals surface area contributed by atoms with Gasteiger partial charge in [-0.2, -0.15) is 4.37 Å². The van der Waals surface area contributed by atoms with E-state index in [9.17, 15) is 0 Å². The van der Waals surface area contributed by atoms with Crippen molar-refractivity contribution in [2.45, 2.75) is 37.6 Å². The van der Waals surface area contributed by atoms with Crippen LogP contribution in [0.5, 0.6) is 0 Å². The molecule has 0 saturated heterocycles. The van der Waals surface area contributed by atoms with E-state index in [4.69, 9.17) is 5.73 Å². The number of nitrogens with zero attached hydrogens (tertiary/aromatic N) is 1. The summed E-state index contributed by atoms with van der Waals surface area (Å²) in [4.78, 5) is 0. The second-order valence-corrected chi connectivity index (χ2v) is 4.20. The highest BCUT2D eigenvalue weighted by atomic mass is 32.1. The number of rotatable bonds is 1. The molecule has 1 aliphatic carbocycles. The lowest BCUT2D eigenvalue weighted by atomic mass is 9.85. The minimum absolute atomic E-state index is 0.444. The van der Waals surface area contributed by atoms with Crippen molar-refractivity contribution in [2.24, 2.45) is 5.73 Å². The molecule has 2 rings (SSSR count). The van der Waals surface area contributed by atoms with E-state index in [1.165, 1.54) is 31.4 Å². The van der Waals surface area contributed by atoms with Crippen LogP contribution >= 0.6 is 11.5 Å². The number of aromatic nitrogens is 1. The fourth-order valence-corrected chi connectivity index (χ4v) is 2.44. The van der Waals surface area contributed by atoms with Crippen molar-refractivity contribution < 1.29 is 0 Å². The minimum atomic E-state index is 0.444. The Morgan fingerprint density at radius 3 is 2.67 bits per heavy atom. The van der Waals surface area contributed by atoms with Crippen molar-refractivity contribution >= 4 is 11.5 Å². The molecule has 0 aliphatic heterocycles. The SMILES string of the molecule is NC1CCC(c2ccsn2)CC1. The van der Waals surface area contributed by atoms with Crippen LogP contribution in [0.25, 0.3) is 0 Å². The van der Waals surface area contributed by atoms with Gasteiger partial charge in [-0.25, -0.2) is 0 Å². The molecule has 0 radical (unpaired) electrons. The van der Waals surface area contributed by atoms with Crippen molar-refractivity contribution in [2.75, 3.05) is 0 Å². The van der Waals surface area contributed by atoms with Crippen LogP contribution in [-0.2, 0) is 0 Å². The molecule has 3 heteroatoms. The molecule has 66 valence electrons. The van der Waals surface area contributed by atoms with Gasteiger partial charge >= 0.3 is 0 Å². The Morgan fingerprint density at radius 2 is 2.08 bits per heavy atom. The van der Waals surface area contributed by atoms with Crippen molar-refractivity contribution in [3.63, 3.8) is 0 Å². The Hall–Kier alpha value is -0.410. The first-order valence-corrected chi connectivity index (χ1v) is 5.36. The topological polar surface area (TPSA) is 38.9 Å². The highest BCUT2D eigenvalue weighted by Gasteiger charge is 2.20. The zero-order valence-corrected chi connectivity index (χ0v) is 7.89. The zero-order chi connectivity index (χ0) is 8.39. The largest absolute Gasteiger partial charge is 0.328 e. The minimum Gasteiger partial charge on any atom is -0.328 e. The summed E-state index contributed by atoms with van der Waals surface area (Å²) in [6.45, 7) is 0. The fraction of sp³-hybridized carbons (Fsp3) is 0.667. The van der Waals surface area contributed by atoms with Gasteiger partial charge in [0.1, 0.15) is 0 Å². The normalized spacial score (nSPS) is 30.4. The molecule has 1 heterocycles. The van der Waals surface area contributed by atoms with Crippen molar-refractivity contribution in [1.29, 1.82) is 0 Å². The molecule has 1 aromatic heterocycles. The smallest absolute Gasteiger partial charge is 0.0573 e. The van der Waals surface area contributed by atoms with Gasteiger partial charge in [0.05, 0.1) is 5.69 Å². The lowest BCUT2D eigenvalue weighted by Crippen LogP contribution is -2.25. The standard InChI is InChI=1S/C9H14N2S/c10-8-3-1-7(2-4-8)9-5-6-12-11-9/h5-8H,1-4,10H2. The molecular formula is C9H14N2S. The predicted octanol–water partition coefficient (Wildman–Crippen LogP) is 2.13. The van der Waals surface area contributed by atoms with Crippen molar-refractivity contribution in [3.8, 4) is 0 Å². The van der Waals surface area contributed by atoms with Crippen LogP contribution in [0, 0.1) is 0 Å². The lowest BCUT2D eigenvalue weighted by Gasteiger charge is -2.24. The Labute approximate surface area is 77.0 Å². The van der Waals surface area contributed by atoms with E-state index in [1.54, 1.807) is 11.5 Å². The molecule has 1 saturated carbocycles. The predicted molar refractivity (Wildman–Crippen MR) is 51.3 cm³/mol. The molecule has 0 atom stereocenters. The van der Waals surface area contributed by atoms with Gasteiger partial charge in [-0.05, 0) is 43.3 Å². The van der Waals surface area contributed by atoms with Gasteiger partial charge < -0.3 is 5.73 Å². The van der Waals surface area contributed by atoms with Crippen LogP contribution < -0.4 is 5.73 Å². The fourth-order valence-electron chi connectivity index (χ4n) is 1.85. The highest BCUT2D eigenvalue weighted by Crippen LogP contribution is 2.31. The van der Waals surface area contributed by atoms with Crippen LogP contribution in [0.4, 0.5) is 0 Å². The van der Waals surface area contributed by atoms with Crippen LogP contribution in [0.3, 0.4) is 0 Å². The van der Waals surface area contributed by atoms with Gasteiger partial charge in [0.2, 0.25) is 0 Å². The first-order valence-electron chi connectivity index (χ1n) is 4.52. The van der Waals surface area contributed by atoms with Gasteiger partial charge in [-0.3, -0.25) is 0 Å². The summed E-state index contributed by atoms with van der Waals surface area (Å²) in [5.41, 5.74) is 7.12. The van der Waals surface area contributed by atoms with E-state index in [1.807, 2.05) is 0 Å². The summed E-state index contributed by atoms with van der Waals surface area (Å²) in [6.07, 6.45) is 4.79. The molecule has 12 heavy (non-hydrogen) atoms. The number of hydrogen-bond acceptors (Lipinski definition) is 3. The van der Waals surface area contributed by atoms with E-state index in [2.05, 4.69) is 15.8 Å². The van der Waals surface area contributed by atoms with E-state index in [-0.39, 0.29) is 0 Å². The first kappa shape index (κ1) is 8.20. The van der Waals surface area contributed by atoms with E-state index in [0.717, 1.165) is 0 Å². The molecule has 0 unspecified atom stereocenters. The number of nitrogens with two attached hydrogens (primary N) is 1. The second kappa shape index (κ2) is 3.54. The Kier molecular flexibility index (Phi) is 2.42. The maximum Gasteiger partial charge on any atom is 0.0573 e.